The van der Waals surface area contributed by atoms with Gasteiger partial charge in [0, 0.05) is 12.0 Å². The van der Waals surface area contributed by atoms with Gasteiger partial charge in [-0.05, 0) is 24.5 Å². The molecular formula is C12H14FNO3. The van der Waals surface area contributed by atoms with Crippen molar-refractivity contribution in [2.24, 2.45) is 5.92 Å². The Morgan fingerprint density at radius 2 is 2.00 bits per heavy atom. The molecule has 0 amide bonds. The van der Waals surface area contributed by atoms with Crippen molar-refractivity contribution in [2.75, 3.05) is 0 Å². The standard InChI is InChI=1S/C12H14FNO3/c1-7(2)12(8(3)15)10-5-4-9(14(16)17)6-11(10)13/h4-7,12H,1-3H3. The summed E-state index contributed by atoms with van der Waals surface area (Å²) in [7, 11) is 0. The second-order valence-corrected chi connectivity index (χ2v) is 4.30. The second-order valence-electron chi connectivity index (χ2n) is 4.30. The van der Waals surface area contributed by atoms with E-state index >= 15 is 0 Å². The maximum absolute atomic E-state index is 13.7. The van der Waals surface area contributed by atoms with Crippen LogP contribution in [0.1, 0.15) is 32.3 Å². The molecule has 0 N–H and O–H groups in total. The van der Waals surface area contributed by atoms with Crippen molar-refractivity contribution in [3.05, 3.63) is 39.7 Å². The third-order valence-corrected chi connectivity index (χ3v) is 2.63. The quantitative estimate of drug-likeness (QED) is 0.599. The summed E-state index contributed by atoms with van der Waals surface area (Å²) in [4.78, 5) is 21.3. The van der Waals surface area contributed by atoms with E-state index in [0.717, 1.165) is 6.07 Å². The van der Waals surface area contributed by atoms with E-state index in [9.17, 15) is 19.3 Å². The van der Waals surface area contributed by atoms with Gasteiger partial charge in [-0.3, -0.25) is 14.9 Å². The summed E-state index contributed by atoms with van der Waals surface area (Å²) in [5.74, 6) is -1.46. The van der Waals surface area contributed by atoms with E-state index in [0.29, 0.717) is 0 Å². The minimum atomic E-state index is -0.701. The highest BCUT2D eigenvalue weighted by Gasteiger charge is 2.25. The average molecular weight is 239 g/mol. The van der Waals surface area contributed by atoms with Crippen molar-refractivity contribution in [1.29, 1.82) is 0 Å². The number of Topliss-reactive ketones (excluding diaryl/α,β-unsaturated/α-hetero) is 1. The monoisotopic (exact) mass is 239 g/mol. The van der Waals surface area contributed by atoms with Gasteiger partial charge in [0.15, 0.2) is 0 Å². The Bertz CT molecular complexity index is 457. The number of hydrogen-bond acceptors (Lipinski definition) is 3. The first kappa shape index (κ1) is 13.3. The molecule has 0 heterocycles. The molecule has 17 heavy (non-hydrogen) atoms. The van der Waals surface area contributed by atoms with Crippen LogP contribution in [0.5, 0.6) is 0 Å². The molecule has 1 aromatic carbocycles. The zero-order valence-corrected chi connectivity index (χ0v) is 9.94. The van der Waals surface area contributed by atoms with Gasteiger partial charge in [0.1, 0.15) is 11.6 Å². The van der Waals surface area contributed by atoms with Crippen LogP contribution in [0.25, 0.3) is 0 Å². The highest BCUT2D eigenvalue weighted by Crippen LogP contribution is 2.29. The number of benzene rings is 1. The molecule has 1 rings (SSSR count). The normalized spacial score (nSPS) is 12.5. The largest absolute Gasteiger partial charge is 0.299 e. The molecule has 0 saturated heterocycles. The number of ketones is 1. The van der Waals surface area contributed by atoms with Gasteiger partial charge in [-0.2, -0.15) is 0 Å². The molecule has 5 heteroatoms. The minimum Gasteiger partial charge on any atom is -0.299 e. The fraction of sp³-hybridized carbons (Fsp3) is 0.417. The van der Waals surface area contributed by atoms with E-state index in [-0.39, 0.29) is 23.0 Å². The zero-order valence-electron chi connectivity index (χ0n) is 9.94. The van der Waals surface area contributed by atoms with E-state index in [4.69, 9.17) is 0 Å². The number of carbonyl (C=O) groups is 1. The van der Waals surface area contributed by atoms with Crippen LogP contribution in [0.3, 0.4) is 0 Å². The Hall–Kier alpha value is -1.78. The molecule has 0 radical (unpaired) electrons. The first-order valence-electron chi connectivity index (χ1n) is 5.29. The molecule has 0 aromatic heterocycles. The van der Waals surface area contributed by atoms with E-state index in [1.165, 1.54) is 19.1 Å². The van der Waals surface area contributed by atoms with Gasteiger partial charge in [0.2, 0.25) is 0 Å². The summed E-state index contributed by atoms with van der Waals surface area (Å²) in [6, 6.07) is 3.39. The third kappa shape index (κ3) is 2.87. The predicted octanol–water partition coefficient (Wildman–Crippen LogP) is 3.06. The van der Waals surface area contributed by atoms with E-state index in [2.05, 4.69) is 0 Å². The molecule has 0 aliphatic heterocycles. The van der Waals surface area contributed by atoms with Gasteiger partial charge in [-0.25, -0.2) is 4.39 Å². The molecule has 1 unspecified atom stereocenters. The van der Waals surface area contributed by atoms with Crippen LogP contribution >= 0.6 is 0 Å². The molecule has 0 saturated carbocycles. The topological polar surface area (TPSA) is 60.2 Å². The Kier molecular flexibility index (Phi) is 3.93. The lowest BCUT2D eigenvalue weighted by atomic mass is 9.85. The number of nitro groups is 1. The Balaban J connectivity index is 3.22. The van der Waals surface area contributed by atoms with Crippen molar-refractivity contribution >= 4 is 11.5 Å². The number of non-ortho nitro benzene ring substituents is 1. The minimum absolute atomic E-state index is 0.0524. The predicted molar refractivity (Wildman–Crippen MR) is 61.3 cm³/mol. The van der Waals surface area contributed by atoms with Gasteiger partial charge in [0.25, 0.3) is 5.69 Å². The highest BCUT2D eigenvalue weighted by molar-refractivity contribution is 5.83. The number of nitrogens with zero attached hydrogens (tertiary/aromatic N) is 1. The summed E-state index contributed by atoms with van der Waals surface area (Å²) in [6.07, 6.45) is 0. The molecule has 0 bridgehead atoms. The smallest absolute Gasteiger partial charge is 0.272 e. The van der Waals surface area contributed by atoms with E-state index in [1.54, 1.807) is 0 Å². The molecular weight excluding hydrogens is 225 g/mol. The van der Waals surface area contributed by atoms with Gasteiger partial charge in [0.05, 0.1) is 11.0 Å². The van der Waals surface area contributed by atoms with Crippen LogP contribution in [-0.4, -0.2) is 10.7 Å². The number of halogens is 1. The summed E-state index contributed by atoms with van der Waals surface area (Å²) in [5.41, 5.74) is -0.0876. The molecule has 1 aromatic rings. The van der Waals surface area contributed by atoms with Crippen LogP contribution < -0.4 is 0 Å². The fourth-order valence-corrected chi connectivity index (χ4v) is 1.93. The first-order chi connectivity index (χ1) is 7.84. The van der Waals surface area contributed by atoms with Crippen molar-refractivity contribution in [3.8, 4) is 0 Å². The van der Waals surface area contributed by atoms with Crippen LogP contribution in [0.2, 0.25) is 0 Å². The molecule has 0 fully saturated rings. The summed E-state index contributed by atoms with van der Waals surface area (Å²) in [6.45, 7) is 5.02. The molecule has 4 nitrogen and oxygen atoms in total. The van der Waals surface area contributed by atoms with Gasteiger partial charge in [-0.15, -0.1) is 0 Å². The van der Waals surface area contributed by atoms with E-state index < -0.39 is 16.7 Å². The number of hydrogen-bond donors (Lipinski definition) is 0. The summed E-state index contributed by atoms with van der Waals surface area (Å²) >= 11 is 0. The maximum Gasteiger partial charge on any atom is 0.272 e. The first-order valence-corrected chi connectivity index (χ1v) is 5.29. The highest BCUT2D eigenvalue weighted by atomic mass is 19.1. The third-order valence-electron chi connectivity index (χ3n) is 2.63. The van der Waals surface area contributed by atoms with Crippen LogP contribution in [-0.2, 0) is 4.79 Å². The summed E-state index contributed by atoms with van der Waals surface area (Å²) in [5, 5.41) is 10.5. The average Bonchev–Trinajstić information content (AvgIpc) is 2.19. The number of nitro benzene ring substituents is 1. The lowest BCUT2D eigenvalue weighted by molar-refractivity contribution is -0.385. The lowest BCUT2D eigenvalue weighted by Crippen LogP contribution is -2.16. The SMILES string of the molecule is CC(=O)C(c1ccc([N+](=O)[O-])cc1F)C(C)C. The molecule has 1 atom stereocenters. The Morgan fingerprint density at radius 3 is 2.35 bits per heavy atom. The van der Waals surface area contributed by atoms with Crippen molar-refractivity contribution < 1.29 is 14.1 Å². The summed E-state index contributed by atoms with van der Waals surface area (Å²) < 4.78 is 13.7. The number of carbonyl (C=O) groups excluding carboxylic acids is 1. The lowest BCUT2D eigenvalue weighted by Gasteiger charge is -2.18. The van der Waals surface area contributed by atoms with Crippen molar-refractivity contribution in [2.45, 2.75) is 26.7 Å². The number of rotatable bonds is 4. The fourth-order valence-electron chi connectivity index (χ4n) is 1.93. The Labute approximate surface area is 98.6 Å². The van der Waals surface area contributed by atoms with Gasteiger partial charge < -0.3 is 0 Å². The van der Waals surface area contributed by atoms with E-state index in [1.807, 2.05) is 13.8 Å². The van der Waals surface area contributed by atoms with Crippen LogP contribution in [0.15, 0.2) is 18.2 Å². The van der Waals surface area contributed by atoms with Gasteiger partial charge in [-0.1, -0.05) is 13.8 Å². The molecule has 0 aliphatic rings. The van der Waals surface area contributed by atoms with Crippen LogP contribution in [0.4, 0.5) is 10.1 Å². The zero-order chi connectivity index (χ0) is 13.2. The maximum atomic E-state index is 13.7. The Morgan fingerprint density at radius 1 is 1.41 bits per heavy atom. The molecule has 0 aliphatic carbocycles. The molecule has 0 spiro atoms. The van der Waals surface area contributed by atoms with Crippen molar-refractivity contribution in [1.82, 2.24) is 0 Å². The van der Waals surface area contributed by atoms with Crippen LogP contribution in [0, 0.1) is 21.8 Å². The molecule has 92 valence electrons. The van der Waals surface area contributed by atoms with Crippen molar-refractivity contribution in [3.63, 3.8) is 0 Å². The second kappa shape index (κ2) is 5.03. The van der Waals surface area contributed by atoms with Gasteiger partial charge >= 0.3 is 0 Å².